The number of cyclic esters (lactones) is 1. The molecule has 8 nitrogen and oxygen atoms in total. The van der Waals surface area contributed by atoms with Crippen molar-refractivity contribution in [2.24, 2.45) is 22.7 Å². The van der Waals surface area contributed by atoms with Gasteiger partial charge in [0.15, 0.2) is 6.29 Å². The molecule has 0 aromatic rings. The molecule has 8 heteroatoms. The van der Waals surface area contributed by atoms with E-state index in [1.165, 1.54) is 5.57 Å². The lowest BCUT2D eigenvalue weighted by molar-refractivity contribution is -0.283. The van der Waals surface area contributed by atoms with Gasteiger partial charge in [-0.15, -0.1) is 0 Å². The first-order valence-electron chi connectivity index (χ1n) is 14.6. The lowest BCUT2D eigenvalue weighted by Gasteiger charge is -2.59. The maximum Gasteiger partial charge on any atom is 0.331 e. The summed E-state index contributed by atoms with van der Waals surface area (Å²) in [4.78, 5) is 11.8. The number of epoxide rings is 1. The smallest absolute Gasteiger partial charge is 0.331 e. The Morgan fingerprint density at radius 3 is 2.66 bits per heavy atom. The molecule has 0 aromatic carbocycles. The summed E-state index contributed by atoms with van der Waals surface area (Å²) in [5, 5.41) is 21.7. The molecular weight excluding hydrogens is 488 g/mol. The van der Waals surface area contributed by atoms with Gasteiger partial charge in [0.2, 0.25) is 0 Å². The Kier molecular flexibility index (Phi) is 5.65. The summed E-state index contributed by atoms with van der Waals surface area (Å²) >= 11 is 0. The zero-order valence-electron chi connectivity index (χ0n) is 23.0. The van der Waals surface area contributed by atoms with Crippen molar-refractivity contribution in [1.82, 2.24) is 0 Å². The Morgan fingerprint density at radius 2 is 1.92 bits per heavy atom. The third-order valence-corrected chi connectivity index (χ3v) is 12.1. The molecule has 3 aliphatic heterocycles. The molecule has 3 saturated carbocycles. The Balaban J connectivity index is 1.09. The van der Waals surface area contributed by atoms with Gasteiger partial charge in [-0.1, -0.05) is 19.9 Å². The summed E-state index contributed by atoms with van der Waals surface area (Å²) in [7, 11) is 1.60. The Labute approximate surface area is 224 Å². The van der Waals surface area contributed by atoms with Crippen molar-refractivity contribution in [3.05, 3.63) is 23.3 Å². The molecule has 0 bridgehead atoms. The molecule has 4 aliphatic carbocycles. The monoisotopic (exact) mass is 530 g/mol. The topological polar surface area (TPSA) is 107 Å². The molecular formula is C30H42O8. The first-order valence-corrected chi connectivity index (χ1v) is 14.6. The number of rotatable bonds is 4. The molecule has 0 unspecified atom stereocenters. The number of hydrogen-bond donors (Lipinski definition) is 2. The van der Waals surface area contributed by atoms with Crippen LogP contribution < -0.4 is 0 Å². The van der Waals surface area contributed by atoms with E-state index in [2.05, 4.69) is 19.9 Å². The average Bonchev–Trinajstić information content (AvgIpc) is 3.18. The number of carbonyl (C=O) groups is 1. The van der Waals surface area contributed by atoms with E-state index in [0.29, 0.717) is 31.3 Å². The Morgan fingerprint density at radius 1 is 1.11 bits per heavy atom. The van der Waals surface area contributed by atoms with E-state index in [1.54, 1.807) is 13.2 Å². The molecule has 2 saturated heterocycles. The van der Waals surface area contributed by atoms with Gasteiger partial charge >= 0.3 is 5.97 Å². The van der Waals surface area contributed by atoms with Crippen molar-refractivity contribution < 1.29 is 38.7 Å². The maximum absolute atomic E-state index is 11.8. The minimum absolute atomic E-state index is 0.0250. The highest BCUT2D eigenvalue weighted by atomic mass is 16.7. The number of fused-ring (bicyclic) bond motifs is 2. The fourth-order valence-corrected chi connectivity index (χ4v) is 10.0. The zero-order chi connectivity index (χ0) is 26.7. The van der Waals surface area contributed by atoms with E-state index in [4.69, 9.17) is 23.7 Å². The zero-order valence-corrected chi connectivity index (χ0v) is 23.0. The summed E-state index contributed by atoms with van der Waals surface area (Å²) in [6.07, 6.45) is 8.22. The largest absolute Gasteiger partial charge is 0.458 e. The van der Waals surface area contributed by atoms with Crippen LogP contribution in [0.5, 0.6) is 0 Å². The van der Waals surface area contributed by atoms with Crippen LogP contribution in [0, 0.1) is 22.7 Å². The highest BCUT2D eigenvalue weighted by molar-refractivity contribution is 5.87. The van der Waals surface area contributed by atoms with Crippen LogP contribution in [0.4, 0.5) is 0 Å². The van der Waals surface area contributed by atoms with E-state index in [1.807, 2.05) is 6.92 Å². The van der Waals surface area contributed by atoms with Crippen molar-refractivity contribution in [2.75, 3.05) is 13.7 Å². The normalized spacial score (nSPS) is 55.2. The number of methoxy groups -OCH3 is 1. The summed E-state index contributed by atoms with van der Waals surface area (Å²) < 4.78 is 30.0. The van der Waals surface area contributed by atoms with Gasteiger partial charge in [0.05, 0.1) is 24.4 Å². The van der Waals surface area contributed by atoms with E-state index in [9.17, 15) is 15.0 Å². The average molecular weight is 531 g/mol. The van der Waals surface area contributed by atoms with Gasteiger partial charge < -0.3 is 33.9 Å². The second kappa shape index (κ2) is 8.37. The molecule has 2 spiro atoms. The van der Waals surface area contributed by atoms with Crippen molar-refractivity contribution >= 4 is 5.97 Å². The maximum atomic E-state index is 11.8. The van der Waals surface area contributed by atoms with Crippen LogP contribution in [0.2, 0.25) is 0 Å². The number of carbonyl (C=O) groups excluding carboxylic acids is 1. The van der Waals surface area contributed by atoms with E-state index >= 15 is 0 Å². The molecule has 5 fully saturated rings. The lowest BCUT2D eigenvalue weighted by Crippen LogP contribution is -2.61. The van der Waals surface area contributed by atoms with Crippen molar-refractivity contribution in [1.29, 1.82) is 0 Å². The first kappa shape index (κ1) is 25.7. The molecule has 2 N–H and O–H groups in total. The number of hydrogen-bond acceptors (Lipinski definition) is 8. The molecule has 0 amide bonds. The molecule has 38 heavy (non-hydrogen) atoms. The van der Waals surface area contributed by atoms with Gasteiger partial charge in [-0.2, -0.15) is 0 Å². The van der Waals surface area contributed by atoms with Crippen LogP contribution in [0.1, 0.15) is 72.1 Å². The van der Waals surface area contributed by atoms with E-state index < -0.39 is 18.5 Å². The quantitative estimate of drug-likeness (QED) is 0.324. The van der Waals surface area contributed by atoms with Gasteiger partial charge in [0.1, 0.15) is 23.9 Å². The fourth-order valence-electron chi connectivity index (χ4n) is 10.0. The van der Waals surface area contributed by atoms with Gasteiger partial charge in [-0.05, 0) is 74.7 Å². The molecule has 0 radical (unpaired) electrons. The van der Waals surface area contributed by atoms with Crippen molar-refractivity contribution in [2.45, 2.75) is 120 Å². The third kappa shape index (κ3) is 3.22. The highest BCUT2D eigenvalue weighted by Crippen LogP contribution is 2.80. The Hall–Kier alpha value is -1.29. The molecule has 7 aliphatic rings. The molecule has 7 rings (SSSR count). The first-order chi connectivity index (χ1) is 18.1. The van der Waals surface area contributed by atoms with E-state index in [0.717, 1.165) is 44.1 Å². The van der Waals surface area contributed by atoms with Crippen LogP contribution in [0.25, 0.3) is 0 Å². The van der Waals surface area contributed by atoms with Crippen molar-refractivity contribution in [3.8, 4) is 0 Å². The highest BCUT2D eigenvalue weighted by Gasteiger charge is 2.85. The van der Waals surface area contributed by atoms with E-state index in [-0.39, 0.29) is 46.3 Å². The summed E-state index contributed by atoms with van der Waals surface area (Å²) in [5.41, 5.74) is 1.77. The summed E-state index contributed by atoms with van der Waals surface area (Å²) in [5.74, 6) is 0.590. The predicted octanol–water partition coefficient (Wildman–Crippen LogP) is 3.19. The number of aliphatic hydroxyl groups is 2. The van der Waals surface area contributed by atoms with Crippen LogP contribution in [0.3, 0.4) is 0 Å². The molecule has 12 atom stereocenters. The SMILES string of the molecule is CO[C@@H]1C[C@H](O[C@@H]2C[C@H]3CC[C@@]45O[C@@]46CC=C(C4=CC(=O)OC4)[C@@]6(C)CC[C@H]5[C@@]3(C)C[C@H]2O)O[C@H](C)[C@@H]1O. The molecule has 0 aromatic heterocycles. The number of esters is 1. The van der Waals surface area contributed by atoms with Crippen LogP contribution >= 0.6 is 0 Å². The van der Waals surface area contributed by atoms with Crippen LogP contribution in [-0.4, -0.2) is 77.9 Å². The summed E-state index contributed by atoms with van der Waals surface area (Å²) in [6.45, 7) is 6.92. The van der Waals surface area contributed by atoms with Gasteiger partial charge in [-0.25, -0.2) is 4.79 Å². The predicted molar refractivity (Wildman–Crippen MR) is 136 cm³/mol. The third-order valence-electron chi connectivity index (χ3n) is 12.1. The van der Waals surface area contributed by atoms with Gasteiger partial charge in [0, 0.05) is 30.6 Å². The van der Waals surface area contributed by atoms with Crippen LogP contribution in [-0.2, 0) is 28.5 Å². The fraction of sp³-hybridized carbons (Fsp3) is 0.833. The Bertz CT molecular complexity index is 1090. The minimum Gasteiger partial charge on any atom is -0.458 e. The van der Waals surface area contributed by atoms with Gasteiger partial charge in [0.25, 0.3) is 0 Å². The summed E-state index contributed by atoms with van der Waals surface area (Å²) in [6, 6.07) is 0. The molecule has 3 heterocycles. The van der Waals surface area contributed by atoms with Crippen molar-refractivity contribution in [3.63, 3.8) is 0 Å². The number of aliphatic hydroxyl groups excluding tert-OH is 2. The number of ether oxygens (including phenoxy) is 5. The minimum atomic E-state index is -0.680. The second-order valence-electron chi connectivity index (χ2n) is 13.5. The second-order valence-corrected chi connectivity index (χ2v) is 13.5. The van der Waals surface area contributed by atoms with Gasteiger partial charge in [-0.3, -0.25) is 0 Å². The standard InChI is InChI=1S/C30H42O8/c1-16-26(33)22(34-4)13-25(36-16)37-21-12-18-5-9-29-23(27(18,2)14-20(21)31)7-8-28(3)19(6-10-30(28,29)38-29)17-11-24(32)35-15-17/h6,11,16,18,20-23,25-26,31,33H,5,7-10,12-15H2,1-4H3/t16-,18-,20-,21-,22-,23+,25+,26+,27+,28-,29+,30-/m1/s1. The lowest BCUT2D eigenvalue weighted by atomic mass is 9.44. The molecule has 210 valence electrons. The van der Waals surface area contributed by atoms with Crippen LogP contribution in [0.15, 0.2) is 23.3 Å².